The molecule has 1 aliphatic carbocycles. The highest BCUT2D eigenvalue weighted by Crippen LogP contribution is 2.44. The number of ether oxygens (including phenoxy) is 2. The molecule has 26 heavy (non-hydrogen) atoms. The zero-order valence-electron chi connectivity index (χ0n) is 16.5. The van der Waals surface area contributed by atoms with Crippen LogP contribution >= 0.6 is 0 Å². The molecule has 1 N–H and O–H groups in total. The molecule has 5 nitrogen and oxygen atoms in total. The zero-order chi connectivity index (χ0) is 18.8. The highest BCUT2D eigenvalue weighted by molar-refractivity contribution is 5.77. The zero-order valence-corrected chi connectivity index (χ0v) is 16.5. The molecule has 0 spiro atoms. The van der Waals surface area contributed by atoms with Crippen molar-refractivity contribution in [3.63, 3.8) is 0 Å². The summed E-state index contributed by atoms with van der Waals surface area (Å²) in [6, 6.07) is 8.13. The molecule has 1 aliphatic rings. The Hall–Kier alpha value is -1.59. The maximum absolute atomic E-state index is 12.3. The van der Waals surface area contributed by atoms with E-state index in [-0.39, 0.29) is 5.91 Å². The van der Waals surface area contributed by atoms with Gasteiger partial charge in [0, 0.05) is 19.5 Å². The summed E-state index contributed by atoms with van der Waals surface area (Å²) < 4.78 is 10.8. The lowest BCUT2D eigenvalue weighted by Gasteiger charge is -2.18. The predicted molar refractivity (Wildman–Crippen MR) is 105 cm³/mol. The fourth-order valence-electron chi connectivity index (χ4n) is 3.28. The average molecular weight is 363 g/mol. The van der Waals surface area contributed by atoms with Gasteiger partial charge in [-0.15, -0.1) is 0 Å². The van der Waals surface area contributed by atoms with Crippen molar-refractivity contribution in [2.45, 2.75) is 39.0 Å². The Morgan fingerprint density at radius 2 is 1.88 bits per heavy atom. The number of amides is 1. The molecule has 146 valence electrons. The van der Waals surface area contributed by atoms with Crippen LogP contribution < -0.4 is 10.1 Å². The second kappa shape index (κ2) is 11.2. The van der Waals surface area contributed by atoms with Gasteiger partial charge in [0.1, 0.15) is 5.75 Å². The standard InChI is InChI=1S/C21H34N2O3/c1-4-23(5-2)13-15-26-14-12-22-21(24)16-20(17-6-7-17)18-8-10-19(25-3)11-9-18/h8-11,17,20H,4-7,12-16H2,1-3H3,(H,22,24). The topological polar surface area (TPSA) is 50.8 Å². The minimum atomic E-state index is 0.116. The van der Waals surface area contributed by atoms with Crippen LogP contribution in [0, 0.1) is 5.92 Å². The Kier molecular flexibility index (Phi) is 8.92. The van der Waals surface area contributed by atoms with E-state index in [0.29, 0.717) is 38.0 Å². The van der Waals surface area contributed by atoms with Crippen LogP contribution in [-0.4, -0.2) is 57.3 Å². The van der Waals surface area contributed by atoms with Crippen molar-refractivity contribution in [3.05, 3.63) is 29.8 Å². The molecule has 0 heterocycles. The molecule has 0 bridgehead atoms. The summed E-state index contributed by atoms with van der Waals surface area (Å²) in [6.07, 6.45) is 2.99. The van der Waals surface area contributed by atoms with E-state index in [4.69, 9.17) is 9.47 Å². The van der Waals surface area contributed by atoms with Crippen molar-refractivity contribution < 1.29 is 14.3 Å². The summed E-state index contributed by atoms with van der Waals surface area (Å²) in [4.78, 5) is 14.6. The second-order valence-electron chi connectivity index (χ2n) is 6.91. The fourth-order valence-corrected chi connectivity index (χ4v) is 3.28. The number of carbonyl (C=O) groups excluding carboxylic acids is 1. The minimum Gasteiger partial charge on any atom is -0.497 e. The van der Waals surface area contributed by atoms with Gasteiger partial charge in [-0.25, -0.2) is 0 Å². The van der Waals surface area contributed by atoms with Crippen LogP contribution in [-0.2, 0) is 9.53 Å². The number of rotatable bonds is 13. The van der Waals surface area contributed by atoms with E-state index in [2.05, 4.69) is 36.2 Å². The van der Waals surface area contributed by atoms with Gasteiger partial charge in [-0.1, -0.05) is 26.0 Å². The Bertz CT molecular complexity index is 525. The molecule has 1 atom stereocenters. The molecule has 1 aromatic carbocycles. The minimum absolute atomic E-state index is 0.116. The van der Waals surface area contributed by atoms with E-state index < -0.39 is 0 Å². The van der Waals surface area contributed by atoms with Crippen molar-refractivity contribution in [2.75, 3.05) is 46.5 Å². The molecule has 0 saturated heterocycles. The van der Waals surface area contributed by atoms with Crippen LogP contribution in [0.2, 0.25) is 0 Å². The number of likely N-dealkylation sites (N-methyl/N-ethyl adjacent to an activating group) is 1. The van der Waals surface area contributed by atoms with Crippen molar-refractivity contribution in [1.82, 2.24) is 10.2 Å². The van der Waals surface area contributed by atoms with E-state index in [1.807, 2.05) is 12.1 Å². The van der Waals surface area contributed by atoms with Gasteiger partial charge >= 0.3 is 0 Å². The molecule has 2 rings (SSSR count). The lowest BCUT2D eigenvalue weighted by molar-refractivity contribution is -0.121. The summed E-state index contributed by atoms with van der Waals surface area (Å²) >= 11 is 0. The Labute approximate surface area is 158 Å². The molecule has 1 amide bonds. The Balaban J connectivity index is 1.68. The van der Waals surface area contributed by atoms with Crippen molar-refractivity contribution >= 4 is 5.91 Å². The first-order valence-corrected chi connectivity index (χ1v) is 9.88. The van der Waals surface area contributed by atoms with Gasteiger partial charge in [-0.3, -0.25) is 4.79 Å². The van der Waals surface area contributed by atoms with Crippen molar-refractivity contribution in [2.24, 2.45) is 5.92 Å². The summed E-state index contributed by atoms with van der Waals surface area (Å²) in [5, 5.41) is 3.00. The van der Waals surface area contributed by atoms with Crippen LogP contribution in [0.25, 0.3) is 0 Å². The Morgan fingerprint density at radius 1 is 1.19 bits per heavy atom. The van der Waals surface area contributed by atoms with E-state index in [9.17, 15) is 4.79 Å². The predicted octanol–water partition coefficient (Wildman–Crippen LogP) is 3.05. The third-order valence-corrected chi connectivity index (χ3v) is 5.16. The third kappa shape index (κ3) is 6.96. The van der Waals surface area contributed by atoms with Crippen LogP contribution in [0.1, 0.15) is 44.6 Å². The lowest BCUT2D eigenvalue weighted by Crippen LogP contribution is -2.31. The van der Waals surface area contributed by atoms with Gasteiger partial charge in [0.25, 0.3) is 0 Å². The van der Waals surface area contributed by atoms with Gasteiger partial charge in [0.05, 0.1) is 20.3 Å². The first-order valence-electron chi connectivity index (χ1n) is 9.88. The van der Waals surface area contributed by atoms with E-state index in [1.165, 1.54) is 18.4 Å². The van der Waals surface area contributed by atoms with E-state index in [1.54, 1.807) is 7.11 Å². The molecule has 5 heteroatoms. The van der Waals surface area contributed by atoms with Crippen LogP contribution in [0.15, 0.2) is 24.3 Å². The van der Waals surface area contributed by atoms with Crippen LogP contribution in [0.4, 0.5) is 0 Å². The van der Waals surface area contributed by atoms with Crippen molar-refractivity contribution in [1.29, 1.82) is 0 Å². The molecule has 0 aliphatic heterocycles. The number of carbonyl (C=O) groups is 1. The molecule has 1 aromatic rings. The van der Waals surface area contributed by atoms with Gasteiger partial charge in [-0.05, 0) is 55.5 Å². The van der Waals surface area contributed by atoms with Crippen LogP contribution in [0.3, 0.4) is 0 Å². The number of hydrogen-bond donors (Lipinski definition) is 1. The average Bonchev–Trinajstić information content (AvgIpc) is 3.51. The van der Waals surface area contributed by atoms with Gasteiger partial charge in [-0.2, -0.15) is 0 Å². The third-order valence-electron chi connectivity index (χ3n) is 5.16. The molecule has 1 saturated carbocycles. The molecule has 1 fully saturated rings. The Morgan fingerprint density at radius 3 is 2.46 bits per heavy atom. The highest BCUT2D eigenvalue weighted by atomic mass is 16.5. The maximum atomic E-state index is 12.3. The molecular weight excluding hydrogens is 328 g/mol. The van der Waals surface area contributed by atoms with E-state index in [0.717, 1.165) is 25.4 Å². The highest BCUT2D eigenvalue weighted by Gasteiger charge is 2.33. The van der Waals surface area contributed by atoms with Gasteiger partial charge in [0.15, 0.2) is 0 Å². The van der Waals surface area contributed by atoms with Crippen molar-refractivity contribution in [3.8, 4) is 5.75 Å². The summed E-state index contributed by atoms with van der Waals surface area (Å²) in [7, 11) is 1.67. The van der Waals surface area contributed by atoms with Crippen LogP contribution in [0.5, 0.6) is 5.75 Å². The largest absolute Gasteiger partial charge is 0.497 e. The van der Waals surface area contributed by atoms with E-state index >= 15 is 0 Å². The number of methoxy groups -OCH3 is 1. The molecule has 0 radical (unpaired) electrons. The molecule has 1 unspecified atom stereocenters. The summed E-state index contributed by atoms with van der Waals surface area (Å²) in [5.41, 5.74) is 1.24. The lowest BCUT2D eigenvalue weighted by atomic mass is 9.90. The number of hydrogen-bond acceptors (Lipinski definition) is 4. The maximum Gasteiger partial charge on any atom is 0.220 e. The van der Waals surface area contributed by atoms with Gasteiger partial charge < -0.3 is 19.7 Å². The second-order valence-corrected chi connectivity index (χ2v) is 6.91. The normalized spacial score (nSPS) is 15.1. The number of nitrogens with one attached hydrogen (secondary N) is 1. The quantitative estimate of drug-likeness (QED) is 0.548. The molecular formula is C21H34N2O3. The number of nitrogens with zero attached hydrogens (tertiary/aromatic N) is 1. The summed E-state index contributed by atoms with van der Waals surface area (Å²) in [5.74, 6) is 1.92. The fraction of sp³-hybridized carbons (Fsp3) is 0.667. The molecule has 0 aromatic heterocycles. The first-order chi connectivity index (χ1) is 12.7. The summed E-state index contributed by atoms with van der Waals surface area (Å²) in [6.45, 7) is 9.22. The monoisotopic (exact) mass is 362 g/mol. The first kappa shape index (κ1) is 20.7. The number of benzene rings is 1. The van der Waals surface area contributed by atoms with Gasteiger partial charge in [0.2, 0.25) is 5.91 Å². The SMILES string of the molecule is CCN(CC)CCOCCNC(=O)CC(c1ccc(OC)cc1)C1CC1. The smallest absolute Gasteiger partial charge is 0.220 e.